The van der Waals surface area contributed by atoms with E-state index in [1.807, 2.05) is 0 Å². The van der Waals surface area contributed by atoms with E-state index in [9.17, 15) is 14.2 Å². The van der Waals surface area contributed by atoms with Gasteiger partial charge in [0.15, 0.2) is 0 Å². The smallest absolute Gasteiger partial charge is 1.00 e. The number of hydrogen-bond donors (Lipinski definition) is 4. The number of hydroxylamine groups is 2. The summed E-state index contributed by atoms with van der Waals surface area (Å²) in [7, 11) is -4.86. The molecule has 0 rings (SSSR count). The van der Waals surface area contributed by atoms with Gasteiger partial charge in [0, 0.05) is 13.3 Å². The van der Waals surface area contributed by atoms with Crippen molar-refractivity contribution in [3.63, 3.8) is 0 Å². The van der Waals surface area contributed by atoms with Crippen LogP contribution in [0, 0.1) is 0 Å². The Hall–Kier alpha value is 1.21. The van der Waals surface area contributed by atoms with Crippen molar-refractivity contribution in [2.24, 2.45) is 0 Å². The zero-order valence-corrected chi connectivity index (χ0v) is 14.8. The normalized spacial score (nSPS) is 11.8. The quantitative estimate of drug-likeness (QED) is 0.171. The first-order valence-corrected chi connectivity index (χ1v) is 5.49. The van der Waals surface area contributed by atoms with E-state index < -0.39 is 38.1 Å². The van der Waals surface area contributed by atoms with Gasteiger partial charge in [-0.3, -0.25) is 19.4 Å². The van der Waals surface area contributed by atoms with Crippen LogP contribution >= 0.6 is 7.60 Å². The van der Waals surface area contributed by atoms with Crippen molar-refractivity contribution < 1.29 is 96.2 Å². The number of amides is 1. The van der Waals surface area contributed by atoms with Crippen LogP contribution in [-0.2, 0) is 14.2 Å². The number of aliphatic hydroxyl groups excluding tert-OH is 1. The summed E-state index contributed by atoms with van der Waals surface area (Å²) >= 11 is 0. The molecule has 0 saturated heterocycles. The van der Waals surface area contributed by atoms with Crippen molar-refractivity contribution >= 4 is 19.0 Å². The summed E-state index contributed by atoms with van der Waals surface area (Å²) in [4.78, 5) is 38.0. The first kappa shape index (κ1) is 23.3. The second kappa shape index (κ2) is 10.1. The maximum absolute atomic E-state index is 10.7. The van der Waals surface area contributed by atoms with E-state index in [1.54, 1.807) is 0 Å². The van der Waals surface area contributed by atoms with E-state index in [2.05, 4.69) is 0 Å². The van der Waals surface area contributed by atoms with Gasteiger partial charge in [0.05, 0.1) is 12.6 Å². The number of hydrogen-bond acceptors (Lipinski definition) is 5. The van der Waals surface area contributed by atoms with Crippen LogP contribution in [0.2, 0.25) is 0 Å². The minimum absolute atomic E-state index is 0. The molecular formula is C6H14NNa2O7P. The van der Waals surface area contributed by atoms with Crippen LogP contribution in [0.15, 0.2) is 0 Å². The molecule has 1 unspecified atom stereocenters. The second-order valence-corrected chi connectivity index (χ2v) is 4.48. The summed E-state index contributed by atoms with van der Waals surface area (Å²) in [6.07, 6.45) is -2.34. The summed E-state index contributed by atoms with van der Waals surface area (Å²) in [5.74, 6) is -0.752. The van der Waals surface area contributed by atoms with Gasteiger partial charge >= 0.3 is 66.7 Å². The van der Waals surface area contributed by atoms with Crippen LogP contribution < -0.4 is 59.1 Å². The van der Waals surface area contributed by atoms with Crippen LogP contribution in [-0.4, -0.2) is 49.2 Å². The molecule has 0 fully saturated rings. The fourth-order valence-electron chi connectivity index (χ4n) is 0.713. The molecule has 0 radical (unpaired) electrons. The third-order valence-corrected chi connectivity index (χ3v) is 2.31. The van der Waals surface area contributed by atoms with Gasteiger partial charge in [0.25, 0.3) is 0 Å². The van der Waals surface area contributed by atoms with Gasteiger partial charge in [-0.2, -0.15) is 0 Å². The number of nitrogens with zero attached hydrogens (tertiary/aromatic N) is 1. The molecule has 0 aliphatic rings. The summed E-state index contributed by atoms with van der Waals surface area (Å²) < 4.78 is 10.4. The monoisotopic (exact) mass is 289 g/mol. The average molecular weight is 289 g/mol. The van der Waals surface area contributed by atoms with Crippen molar-refractivity contribution in [1.82, 2.24) is 5.06 Å². The molecule has 0 aliphatic carbocycles. The van der Waals surface area contributed by atoms with Gasteiger partial charge in [-0.25, -0.2) is 5.06 Å². The van der Waals surface area contributed by atoms with E-state index >= 15 is 0 Å². The zero-order valence-electron chi connectivity index (χ0n) is 11.9. The Morgan fingerprint density at radius 2 is 1.76 bits per heavy atom. The van der Waals surface area contributed by atoms with E-state index in [0.29, 0.717) is 0 Å². The maximum Gasteiger partial charge on any atom is 1.00 e. The minimum atomic E-state index is -4.86. The Bertz CT molecular complexity index is 316. The fraction of sp³-hybridized carbons (Fsp3) is 0.667. The van der Waals surface area contributed by atoms with E-state index in [4.69, 9.17) is 20.1 Å². The van der Waals surface area contributed by atoms with Crippen LogP contribution in [0.5, 0.6) is 0 Å². The first-order chi connectivity index (χ1) is 6.64. The van der Waals surface area contributed by atoms with Gasteiger partial charge < -0.3 is 17.7 Å². The Morgan fingerprint density at radius 1 is 1.35 bits per heavy atom. The molecule has 0 heterocycles. The van der Waals surface area contributed by atoms with Crippen molar-refractivity contribution in [3.05, 3.63) is 0 Å². The summed E-state index contributed by atoms with van der Waals surface area (Å²) in [6.45, 7) is 0.443. The fourth-order valence-corrected chi connectivity index (χ4v) is 1.16. The predicted octanol–water partition coefficient (Wildman–Crippen LogP) is -7.09. The van der Waals surface area contributed by atoms with Gasteiger partial charge in [0.1, 0.15) is 0 Å². The average Bonchev–Trinajstić information content (AvgIpc) is 2.01. The van der Waals surface area contributed by atoms with Crippen LogP contribution in [0.4, 0.5) is 0 Å². The molecule has 0 bridgehead atoms. The Morgan fingerprint density at radius 3 is 2.06 bits per heavy atom. The number of carbonyl (C=O) groups is 2. The molecular weight excluding hydrogens is 275 g/mol. The Labute approximate surface area is 145 Å². The van der Waals surface area contributed by atoms with Crippen LogP contribution in [0.25, 0.3) is 0 Å². The molecule has 0 aromatic rings. The third-order valence-electron chi connectivity index (χ3n) is 1.48. The van der Waals surface area contributed by atoms with E-state index in [-0.39, 0.29) is 67.0 Å². The van der Waals surface area contributed by atoms with Crippen LogP contribution in [0.1, 0.15) is 16.2 Å². The molecule has 0 aromatic heterocycles. The second-order valence-electron chi connectivity index (χ2n) is 2.90. The Kier molecular flexibility index (Phi) is 13.8. The standard InChI is InChI=1S/C6H12NO7P.2Na.2H/c1-4(8)7(11)3-5(9)2-6(10)15(12,13)14;;;;/h5,9,11H,2-3H2,1H3,(H2,12,13,14);;;;/q;2*+1;2*-1. The number of rotatable bonds is 5. The summed E-state index contributed by atoms with van der Waals surface area (Å²) in [5.41, 5.74) is -1.44. The molecule has 8 nitrogen and oxygen atoms in total. The Balaban J connectivity index is -0.000000163. The van der Waals surface area contributed by atoms with Crippen molar-refractivity contribution in [3.8, 4) is 0 Å². The molecule has 17 heavy (non-hydrogen) atoms. The summed E-state index contributed by atoms with van der Waals surface area (Å²) in [6, 6.07) is 0. The topological polar surface area (TPSA) is 135 Å². The van der Waals surface area contributed by atoms with Crippen molar-refractivity contribution in [2.75, 3.05) is 6.54 Å². The predicted molar refractivity (Wildman–Crippen MR) is 49.1 cm³/mol. The molecule has 0 aromatic carbocycles. The molecule has 4 N–H and O–H groups in total. The number of carbonyl (C=O) groups excluding carboxylic acids is 2. The molecule has 11 heteroatoms. The van der Waals surface area contributed by atoms with Crippen molar-refractivity contribution in [2.45, 2.75) is 19.4 Å². The molecule has 0 saturated carbocycles. The summed E-state index contributed by atoms with van der Waals surface area (Å²) in [5, 5.41) is 18.1. The largest absolute Gasteiger partial charge is 1.00 e. The zero-order chi connectivity index (χ0) is 12.2. The molecule has 0 spiro atoms. The first-order valence-electron chi connectivity index (χ1n) is 3.88. The molecule has 92 valence electrons. The van der Waals surface area contributed by atoms with Crippen LogP contribution in [0.3, 0.4) is 0 Å². The van der Waals surface area contributed by atoms with E-state index in [1.165, 1.54) is 0 Å². The van der Waals surface area contributed by atoms with Crippen molar-refractivity contribution in [1.29, 1.82) is 0 Å². The molecule has 0 aliphatic heterocycles. The third kappa shape index (κ3) is 10.8. The molecule has 1 atom stereocenters. The minimum Gasteiger partial charge on any atom is -1.00 e. The molecule has 1 amide bonds. The van der Waals surface area contributed by atoms with Gasteiger partial charge in [-0.1, -0.05) is 0 Å². The SMILES string of the molecule is CC(=O)N(O)CC(O)CC(=O)P(=O)(O)O.[H-].[H-].[Na+].[Na+]. The van der Waals surface area contributed by atoms with Gasteiger partial charge in [-0.15, -0.1) is 0 Å². The number of aliphatic hydroxyl groups is 1. The van der Waals surface area contributed by atoms with Gasteiger partial charge in [0.2, 0.25) is 11.4 Å². The van der Waals surface area contributed by atoms with Gasteiger partial charge in [-0.05, 0) is 0 Å². The maximum atomic E-state index is 10.7. The van der Waals surface area contributed by atoms with E-state index in [0.717, 1.165) is 6.92 Å².